The van der Waals surface area contributed by atoms with Gasteiger partial charge < -0.3 is 5.32 Å². The van der Waals surface area contributed by atoms with Gasteiger partial charge in [-0.05, 0) is 14.0 Å². The van der Waals surface area contributed by atoms with Gasteiger partial charge in [-0.1, -0.05) is 0 Å². The van der Waals surface area contributed by atoms with E-state index in [1.165, 1.54) is 14.0 Å². The van der Waals surface area contributed by atoms with E-state index >= 15 is 0 Å². The number of carbonyl (C=O) groups is 1. The lowest BCUT2D eigenvalue weighted by atomic mass is 10.2. The molecular weight excluding hydrogens is 170 g/mol. The van der Waals surface area contributed by atoms with Crippen molar-refractivity contribution in [1.29, 1.82) is 0 Å². The molecule has 0 aliphatic carbocycles. The molecule has 0 saturated carbocycles. The number of Topliss-reactive ketones (excluding diaryl/α,β-unsaturated/α-hetero) is 1. The zero-order chi connectivity index (χ0) is 9.07. The Morgan fingerprint density at radius 3 is 2.18 bits per heavy atom. The van der Waals surface area contributed by atoms with E-state index in [4.69, 9.17) is 4.55 Å². The van der Waals surface area contributed by atoms with Crippen molar-refractivity contribution in [3.05, 3.63) is 0 Å². The molecule has 0 heterocycles. The van der Waals surface area contributed by atoms with Crippen LogP contribution in [0, 0.1) is 0 Å². The number of hydrogen-bond donors (Lipinski definition) is 2. The lowest BCUT2D eigenvalue weighted by Crippen LogP contribution is -2.38. The van der Waals surface area contributed by atoms with Crippen LogP contribution in [-0.4, -0.2) is 37.6 Å². The second-order valence-corrected chi connectivity index (χ2v) is 3.70. The Morgan fingerprint density at radius 1 is 1.64 bits per heavy atom. The zero-order valence-corrected chi connectivity index (χ0v) is 7.18. The summed E-state index contributed by atoms with van der Waals surface area (Å²) >= 11 is 0. The second kappa shape index (κ2) is 3.80. The predicted molar refractivity (Wildman–Crippen MR) is 39.9 cm³/mol. The van der Waals surface area contributed by atoms with E-state index in [9.17, 15) is 13.2 Å². The molecule has 0 rings (SSSR count). The summed E-state index contributed by atoms with van der Waals surface area (Å²) in [5, 5.41) is 2.47. The SMILES string of the molecule is CNC(CS(=O)(=O)O)C(C)=O. The molecule has 0 aromatic heterocycles. The summed E-state index contributed by atoms with van der Waals surface area (Å²) in [6.45, 7) is 1.26. The van der Waals surface area contributed by atoms with Crippen LogP contribution in [0.2, 0.25) is 0 Å². The van der Waals surface area contributed by atoms with Gasteiger partial charge in [0.25, 0.3) is 10.1 Å². The molecule has 0 aliphatic rings. The highest BCUT2D eigenvalue weighted by Gasteiger charge is 2.18. The molecule has 1 unspecified atom stereocenters. The number of hydrogen-bond acceptors (Lipinski definition) is 4. The topological polar surface area (TPSA) is 83.5 Å². The highest BCUT2D eigenvalue weighted by molar-refractivity contribution is 7.85. The Kier molecular flexibility index (Phi) is 3.64. The Hall–Kier alpha value is -0.460. The van der Waals surface area contributed by atoms with Gasteiger partial charge in [-0.3, -0.25) is 9.35 Å². The molecular formula is C5H11NO4S. The molecule has 5 nitrogen and oxygen atoms in total. The minimum atomic E-state index is -4.06. The number of rotatable bonds is 4. The fourth-order valence-electron chi connectivity index (χ4n) is 0.615. The fourth-order valence-corrected chi connectivity index (χ4v) is 1.44. The van der Waals surface area contributed by atoms with Crippen LogP contribution >= 0.6 is 0 Å². The van der Waals surface area contributed by atoms with Gasteiger partial charge in [-0.25, -0.2) is 0 Å². The quantitative estimate of drug-likeness (QED) is 0.546. The maximum atomic E-state index is 10.6. The minimum absolute atomic E-state index is 0.315. The van der Waals surface area contributed by atoms with Gasteiger partial charge in [-0.2, -0.15) is 8.42 Å². The van der Waals surface area contributed by atoms with Gasteiger partial charge in [0.15, 0.2) is 0 Å². The van der Waals surface area contributed by atoms with E-state index in [0.717, 1.165) is 0 Å². The van der Waals surface area contributed by atoms with Crippen LogP contribution in [0.3, 0.4) is 0 Å². The van der Waals surface area contributed by atoms with E-state index in [1.54, 1.807) is 0 Å². The minimum Gasteiger partial charge on any atom is -0.310 e. The molecule has 1 atom stereocenters. The van der Waals surface area contributed by atoms with E-state index < -0.39 is 21.9 Å². The lowest BCUT2D eigenvalue weighted by molar-refractivity contribution is -0.118. The molecule has 0 spiro atoms. The molecule has 0 saturated heterocycles. The van der Waals surface area contributed by atoms with Crippen molar-refractivity contribution in [3.63, 3.8) is 0 Å². The summed E-state index contributed by atoms with van der Waals surface area (Å²) in [6.07, 6.45) is 0. The van der Waals surface area contributed by atoms with Crippen LogP contribution in [-0.2, 0) is 14.9 Å². The maximum absolute atomic E-state index is 10.6. The maximum Gasteiger partial charge on any atom is 0.266 e. The van der Waals surface area contributed by atoms with Crippen molar-refractivity contribution in [2.24, 2.45) is 0 Å². The Bertz CT molecular complexity index is 233. The van der Waals surface area contributed by atoms with E-state index in [0.29, 0.717) is 0 Å². The first kappa shape index (κ1) is 10.5. The summed E-state index contributed by atoms with van der Waals surface area (Å²) < 4.78 is 28.9. The van der Waals surface area contributed by atoms with Crippen LogP contribution in [0.5, 0.6) is 0 Å². The Morgan fingerprint density at radius 2 is 2.09 bits per heavy atom. The highest BCUT2D eigenvalue weighted by atomic mass is 32.2. The number of ketones is 1. The molecule has 66 valence electrons. The highest BCUT2D eigenvalue weighted by Crippen LogP contribution is 1.91. The number of nitrogens with one attached hydrogen (secondary N) is 1. The third kappa shape index (κ3) is 4.88. The van der Waals surface area contributed by atoms with Crippen LogP contribution < -0.4 is 5.32 Å². The smallest absolute Gasteiger partial charge is 0.266 e. The molecule has 0 aromatic rings. The number of carbonyl (C=O) groups excluding carboxylic acids is 1. The standard InChI is InChI=1S/C5H11NO4S/c1-4(7)5(6-2)3-11(8,9)10/h5-6H,3H2,1-2H3,(H,8,9,10). The first-order valence-corrected chi connectivity index (χ1v) is 4.60. The second-order valence-electron chi connectivity index (χ2n) is 2.20. The summed E-state index contributed by atoms with van der Waals surface area (Å²) in [4.78, 5) is 10.6. The normalized spacial score (nSPS) is 14.5. The average Bonchev–Trinajstić information content (AvgIpc) is 1.80. The van der Waals surface area contributed by atoms with Crippen LogP contribution in [0.1, 0.15) is 6.92 Å². The largest absolute Gasteiger partial charge is 0.310 e. The average molecular weight is 181 g/mol. The van der Waals surface area contributed by atoms with E-state index in [2.05, 4.69) is 5.32 Å². The van der Waals surface area contributed by atoms with Crippen LogP contribution in [0.4, 0.5) is 0 Å². The van der Waals surface area contributed by atoms with Crippen LogP contribution in [0.15, 0.2) is 0 Å². The first-order chi connectivity index (χ1) is 4.87. The third-order valence-corrected chi connectivity index (χ3v) is 1.97. The molecule has 0 bridgehead atoms. The molecule has 6 heteroatoms. The summed E-state index contributed by atoms with van der Waals surface area (Å²) in [5.74, 6) is -0.885. The number of likely N-dealkylation sites (N-methyl/N-ethyl adjacent to an activating group) is 1. The zero-order valence-electron chi connectivity index (χ0n) is 6.36. The predicted octanol–water partition coefficient (Wildman–Crippen LogP) is -0.949. The van der Waals surface area contributed by atoms with Gasteiger partial charge >= 0.3 is 0 Å². The van der Waals surface area contributed by atoms with Gasteiger partial charge in [-0.15, -0.1) is 0 Å². The Labute approximate surface area is 65.5 Å². The van der Waals surface area contributed by atoms with Crippen molar-refractivity contribution in [2.45, 2.75) is 13.0 Å². The molecule has 0 amide bonds. The molecule has 0 fully saturated rings. The van der Waals surface area contributed by atoms with Crippen molar-refractivity contribution in [3.8, 4) is 0 Å². The van der Waals surface area contributed by atoms with Gasteiger partial charge in [0.1, 0.15) is 5.78 Å². The van der Waals surface area contributed by atoms with Gasteiger partial charge in [0, 0.05) is 0 Å². The molecule has 0 aliphatic heterocycles. The Balaban J connectivity index is 4.22. The van der Waals surface area contributed by atoms with Gasteiger partial charge in [0.2, 0.25) is 0 Å². The monoisotopic (exact) mass is 181 g/mol. The molecule has 0 aromatic carbocycles. The third-order valence-electron chi connectivity index (χ3n) is 1.22. The molecule has 11 heavy (non-hydrogen) atoms. The van der Waals surface area contributed by atoms with Gasteiger partial charge in [0.05, 0.1) is 11.8 Å². The summed E-state index contributed by atoms with van der Waals surface area (Å²) in [6, 6.07) is -0.815. The summed E-state index contributed by atoms with van der Waals surface area (Å²) in [7, 11) is -2.61. The summed E-state index contributed by atoms with van der Waals surface area (Å²) in [5.41, 5.74) is 0. The van der Waals surface area contributed by atoms with Crippen molar-refractivity contribution < 1.29 is 17.8 Å². The van der Waals surface area contributed by atoms with E-state index in [-0.39, 0.29) is 5.78 Å². The van der Waals surface area contributed by atoms with Crippen molar-refractivity contribution in [2.75, 3.05) is 12.8 Å². The molecule has 2 N–H and O–H groups in total. The van der Waals surface area contributed by atoms with E-state index in [1.807, 2.05) is 0 Å². The van der Waals surface area contributed by atoms with Crippen LogP contribution in [0.25, 0.3) is 0 Å². The lowest BCUT2D eigenvalue weighted by Gasteiger charge is -2.09. The fraction of sp³-hybridized carbons (Fsp3) is 0.800. The molecule has 0 radical (unpaired) electrons. The van der Waals surface area contributed by atoms with Crippen molar-refractivity contribution in [1.82, 2.24) is 5.32 Å². The first-order valence-electron chi connectivity index (χ1n) is 2.99. The van der Waals surface area contributed by atoms with Crippen molar-refractivity contribution >= 4 is 15.9 Å².